The molecule has 7 heteroatoms. The molecule has 1 aliphatic heterocycles. The molecule has 0 bridgehead atoms. The smallest absolute Gasteiger partial charge is 0.266 e. The van der Waals surface area contributed by atoms with Crippen LogP contribution in [0.2, 0.25) is 0 Å². The van der Waals surface area contributed by atoms with Gasteiger partial charge in [0.15, 0.2) is 0 Å². The summed E-state index contributed by atoms with van der Waals surface area (Å²) in [5.74, 6) is 1.35. The Labute approximate surface area is 216 Å². The number of piperazine rings is 1. The molecule has 0 radical (unpaired) electrons. The summed E-state index contributed by atoms with van der Waals surface area (Å²) in [6.45, 7) is 9.13. The van der Waals surface area contributed by atoms with Crippen LogP contribution in [0.4, 0.5) is 11.4 Å². The number of thiophene rings is 1. The van der Waals surface area contributed by atoms with Gasteiger partial charge in [-0.05, 0) is 62.1 Å². The van der Waals surface area contributed by atoms with Gasteiger partial charge >= 0.3 is 0 Å². The lowest BCUT2D eigenvalue weighted by Crippen LogP contribution is -2.45. The van der Waals surface area contributed by atoms with Gasteiger partial charge in [0, 0.05) is 55.4 Å². The van der Waals surface area contributed by atoms with Crippen molar-refractivity contribution in [2.75, 3.05) is 36.4 Å². The average molecular weight is 498 g/mol. The number of hydrogen-bond donors (Lipinski definition) is 1. The van der Waals surface area contributed by atoms with Crippen LogP contribution in [0.15, 0.2) is 54.6 Å². The van der Waals surface area contributed by atoms with Crippen molar-refractivity contribution >= 4 is 38.8 Å². The summed E-state index contributed by atoms with van der Waals surface area (Å²) in [4.78, 5) is 29.2. The molecule has 0 atom stereocenters. The fourth-order valence-electron chi connectivity index (χ4n) is 5.05. The zero-order chi connectivity index (χ0) is 24.6. The monoisotopic (exact) mass is 497 g/mol. The number of nitrogens with zero attached hydrogens (tertiary/aromatic N) is 4. The molecule has 184 valence electrons. The molecule has 3 heterocycles. The predicted molar refractivity (Wildman–Crippen MR) is 147 cm³/mol. The molecular formula is C29H31N5OS. The lowest BCUT2D eigenvalue weighted by molar-refractivity contribution is 0.103. The third-order valence-electron chi connectivity index (χ3n) is 7.25. The minimum Gasteiger partial charge on any atom is -0.369 e. The first-order valence-electron chi connectivity index (χ1n) is 12.8. The second-order valence-electron chi connectivity index (χ2n) is 9.93. The van der Waals surface area contributed by atoms with Gasteiger partial charge < -0.3 is 10.2 Å². The van der Waals surface area contributed by atoms with Crippen LogP contribution in [0, 0.1) is 13.8 Å². The Morgan fingerprint density at radius 2 is 1.69 bits per heavy atom. The van der Waals surface area contributed by atoms with Gasteiger partial charge in [-0.1, -0.05) is 30.3 Å². The molecule has 6 nitrogen and oxygen atoms in total. The summed E-state index contributed by atoms with van der Waals surface area (Å²) in [5, 5.41) is 4.11. The van der Waals surface area contributed by atoms with Crippen molar-refractivity contribution in [3.05, 3.63) is 82.1 Å². The summed E-state index contributed by atoms with van der Waals surface area (Å²) < 4.78 is 0. The van der Waals surface area contributed by atoms with Crippen molar-refractivity contribution < 1.29 is 4.79 Å². The van der Waals surface area contributed by atoms with Crippen molar-refractivity contribution in [1.82, 2.24) is 14.9 Å². The average Bonchev–Trinajstić information content (AvgIpc) is 3.69. The van der Waals surface area contributed by atoms with E-state index in [1.807, 2.05) is 26.0 Å². The SMILES string of the molecule is Cc1nc(C2CC2)nc2sc(C(=O)Nc3ccc(N4CCN(Cc5ccccc5)CC4)cc3)c(C)c12. The van der Waals surface area contributed by atoms with Crippen LogP contribution in [0.1, 0.15) is 51.1 Å². The molecule has 1 aliphatic carbocycles. The Morgan fingerprint density at radius 3 is 2.39 bits per heavy atom. The van der Waals surface area contributed by atoms with Gasteiger partial charge in [-0.15, -0.1) is 11.3 Å². The van der Waals surface area contributed by atoms with E-state index < -0.39 is 0 Å². The van der Waals surface area contributed by atoms with E-state index in [0.29, 0.717) is 10.8 Å². The van der Waals surface area contributed by atoms with E-state index in [4.69, 9.17) is 9.97 Å². The number of aryl methyl sites for hydroxylation is 2. The maximum absolute atomic E-state index is 13.2. The molecule has 0 unspecified atom stereocenters. The van der Waals surface area contributed by atoms with Crippen LogP contribution in [0.3, 0.4) is 0 Å². The van der Waals surface area contributed by atoms with Gasteiger partial charge in [0.05, 0.1) is 10.6 Å². The molecule has 2 fully saturated rings. The second-order valence-corrected chi connectivity index (χ2v) is 10.9. The number of carbonyl (C=O) groups is 1. The largest absolute Gasteiger partial charge is 0.369 e. The van der Waals surface area contributed by atoms with E-state index >= 15 is 0 Å². The quantitative estimate of drug-likeness (QED) is 0.367. The number of rotatable bonds is 6. The van der Waals surface area contributed by atoms with Gasteiger partial charge in [-0.3, -0.25) is 9.69 Å². The van der Waals surface area contributed by atoms with Crippen LogP contribution < -0.4 is 10.2 Å². The highest BCUT2D eigenvalue weighted by molar-refractivity contribution is 7.20. The van der Waals surface area contributed by atoms with E-state index in [2.05, 4.69) is 57.6 Å². The first kappa shape index (κ1) is 23.1. The van der Waals surface area contributed by atoms with Gasteiger partial charge in [0.25, 0.3) is 5.91 Å². The van der Waals surface area contributed by atoms with Gasteiger partial charge in [0.1, 0.15) is 10.7 Å². The maximum atomic E-state index is 13.2. The normalized spacial score (nSPS) is 16.4. The number of benzene rings is 2. The number of fused-ring (bicyclic) bond motifs is 1. The number of amides is 1. The van der Waals surface area contributed by atoms with Gasteiger partial charge in [-0.2, -0.15) is 0 Å². The third kappa shape index (κ3) is 4.73. The Hall–Kier alpha value is -3.29. The lowest BCUT2D eigenvalue weighted by atomic mass is 10.1. The van der Waals surface area contributed by atoms with Crippen molar-refractivity contribution in [1.29, 1.82) is 0 Å². The van der Waals surface area contributed by atoms with Crippen molar-refractivity contribution in [2.45, 2.75) is 39.2 Å². The van der Waals surface area contributed by atoms with E-state index in [-0.39, 0.29) is 5.91 Å². The standard InChI is InChI=1S/C29H31N5OS/c1-19-25-20(2)30-27(22-8-9-22)32-29(25)36-26(19)28(35)31-23-10-12-24(13-11-23)34-16-14-33(15-17-34)18-21-6-4-3-5-7-21/h3-7,10-13,22H,8-9,14-18H2,1-2H3,(H,31,35). The Bertz CT molecular complexity index is 1390. The first-order chi connectivity index (χ1) is 17.5. The van der Waals surface area contributed by atoms with E-state index in [0.717, 1.165) is 65.7 Å². The molecule has 1 N–H and O–H groups in total. The summed E-state index contributed by atoms with van der Waals surface area (Å²) in [6.07, 6.45) is 2.34. The summed E-state index contributed by atoms with van der Waals surface area (Å²) in [6, 6.07) is 18.9. The highest BCUT2D eigenvalue weighted by Crippen LogP contribution is 2.40. The fourth-order valence-corrected chi connectivity index (χ4v) is 6.18. The number of hydrogen-bond acceptors (Lipinski definition) is 6. The summed E-state index contributed by atoms with van der Waals surface area (Å²) in [5.41, 5.74) is 5.32. The molecular weight excluding hydrogens is 466 g/mol. The van der Waals surface area contributed by atoms with E-state index in [9.17, 15) is 4.79 Å². The molecule has 2 aromatic carbocycles. The van der Waals surface area contributed by atoms with Crippen LogP contribution in [0.5, 0.6) is 0 Å². The third-order valence-corrected chi connectivity index (χ3v) is 8.43. The molecule has 6 rings (SSSR count). The van der Waals surface area contributed by atoms with Crippen LogP contribution in [0.25, 0.3) is 10.2 Å². The summed E-state index contributed by atoms with van der Waals surface area (Å²) in [7, 11) is 0. The summed E-state index contributed by atoms with van der Waals surface area (Å²) >= 11 is 1.48. The molecule has 2 aliphatic rings. The fraction of sp³-hybridized carbons (Fsp3) is 0.345. The zero-order valence-electron chi connectivity index (χ0n) is 20.8. The first-order valence-corrected chi connectivity index (χ1v) is 13.6. The highest BCUT2D eigenvalue weighted by atomic mass is 32.1. The van der Waals surface area contributed by atoms with Crippen LogP contribution in [-0.4, -0.2) is 47.0 Å². The molecule has 1 saturated carbocycles. The topological polar surface area (TPSA) is 61.4 Å². The van der Waals surface area contributed by atoms with E-state index in [1.54, 1.807) is 0 Å². The number of carbonyl (C=O) groups excluding carboxylic acids is 1. The van der Waals surface area contributed by atoms with Gasteiger partial charge in [-0.25, -0.2) is 9.97 Å². The van der Waals surface area contributed by atoms with Crippen molar-refractivity contribution in [2.24, 2.45) is 0 Å². The molecule has 4 aromatic rings. The minimum absolute atomic E-state index is 0.0786. The second kappa shape index (κ2) is 9.64. The predicted octanol–water partition coefficient (Wildman–Crippen LogP) is 5.76. The van der Waals surface area contributed by atoms with Crippen molar-refractivity contribution in [3.8, 4) is 0 Å². The minimum atomic E-state index is -0.0786. The molecule has 0 spiro atoms. The van der Waals surface area contributed by atoms with Crippen LogP contribution in [-0.2, 0) is 6.54 Å². The molecule has 1 amide bonds. The molecule has 36 heavy (non-hydrogen) atoms. The Balaban J connectivity index is 1.09. The lowest BCUT2D eigenvalue weighted by Gasteiger charge is -2.36. The number of nitrogens with one attached hydrogen (secondary N) is 1. The number of aromatic nitrogens is 2. The van der Waals surface area contributed by atoms with Crippen molar-refractivity contribution in [3.63, 3.8) is 0 Å². The maximum Gasteiger partial charge on any atom is 0.266 e. The Kier molecular flexibility index (Phi) is 6.19. The van der Waals surface area contributed by atoms with E-state index in [1.165, 1.54) is 35.4 Å². The number of anilines is 2. The Morgan fingerprint density at radius 1 is 0.972 bits per heavy atom. The van der Waals surface area contributed by atoms with Crippen LogP contribution >= 0.6 is 11.3 Å². The van der Waals surface area contributed by atoms with Gasteiger partial charge in [0.2, 0.25) is 0 Å². The zero-order valence-corrected chi connectivity index (χ0v) is 21.6. The highest BCUT2D eigenvalue weighted by Gasteiger charge is 2.28. The molecule has 2 aromatic heterocycles. The molecule has 1 saturated heterocycles.